The third-order valence-corrected chi connectivity index (χ3v) is 3.26. The summed E-state index contributed by atoms with van der Waals surface area (Å²) >= 11 is 0. The van der Waals surface area contributed by atoms with Crippen LogP contribution in [0.3, 0.4) is 0 Å². The maximum Gasteiger partial charge on any atom is 0.335 e. The number of nitrogens with zero attached hydrogens (tertiary/aromatic N) is 2. The summed E-state index contributed by atoms with van der Waals surface area (Å²) in [7, 11) is 1.89. The van der Waals surface area contributed by atoms with Gasteiger partial charge in [0.15, 0.2) is 0 Å². The molecule has 0 spiro atoms. The van der Waals surface area contributed by atoms with E-state index < -0.39 is 5.97 Å². The lowest BCUT2D eigenvalue weighted by atomic mass is 10.1. The van der Waals surface area contributed by atoms with Gasteiger partial charge < -0.3 is 14.8 Å². The Labute approximate surface area is 114 Å². The van der Waals surface area contributed by atoms with Gasteiger partial charge in [0.1, 0.15) is 5.75 Å². The first-order valence-corrected chi connectivity index (χ1v) is 6.04. The van der Waals surface area contributed by atoms with Gasteiger partial charge in [0.05, 0.1) is 11.3 Å². The van der Waals surface area contributed by atoms with E-state index in [4.69, 9.17) is 5.11 Å². The zero-order valence-corrected chi connectivity index (χ0v) is 10.7. The van der Waals surface area contributed by atoms with Crippen molar-refractivity contribution in [2.45, 2.75) is 0 Å². The minimum Gasteiger partial charge on any atom is -0.508 e. The Kier molecular flexibility index (Phi) is 2.68. The first kappa shape index (κ1) is 12.2. The van der Waals surface area contributed by atoms with Gasteiger partial charge in [-0.1, -0.05) is 0 Å². The van der Waals surface area contributed by atoms with Crippen LogP contribution in [0.4, 0.5) is 0 Å². The first-order chi connectivity index (χ1) is 9.56. The highest BCUT2D eigenvalue weighted by atomic mass is 16.4. The first-order valence-electron chi connectivity index (χ1n) is 6.04. The number of hydrogen-bond acceptors (Lipinski definition) is 3. The Balaban J connectivity index is 2.26. The van der Waals surface area contributed by atoms with Crippen LogP contribution < -0.4 is 0 Å². The number of hydrogen-bond donors (Lipinski definition) is 2. The second-order valence-corrected chi connectivity index (χ2v) is 4.59. The second kappa shape index (κ2) is 4.38. The molecule has 5 nitrogen and oxygen atoms in total. The van der Waals surface area contributed by atoms with Crippen molar-refractivity contribution in [2.24, 2.45) is 7.05 Å². The quantitative estimate of drug-likeness (QED) is 0.749. The number of carbonyl (C=O) groups is 1. The summed E-state index contributed by atoms with van der Waals surface area (Å²) in [5, 5.41) is 19.5. The number of fused-ring (bicyclic) bond motifs is 1. The zero-order valence-electron chi connectivity index (χ0n) is 10.7. The Morgan fingerprint density at radius 3 is 2.80 bits per heavy atom. The smallest absolute Gasteiger partial charge is 0.335 e. The van der Waals surface area contributed by atoms with Crippen LogP contribution in [0.5, 0.6) is 5.75 Å². The average molecular weight is 268 g/mol. The molecule has 0 radical (unpaired) electrons. The molecule has 1 aromatic carbocycles. The third-order valence-electron chi connectivity index (χ3n) is 3.26. The number of aromatic hydroxyl groups is 1. The minimum absolute atomic E-state index is 0.166. The number of phenols is 1. The molecule has 100 valence electrons. The molecule has 0 aliphatic rings. The zero-order chi connectivity index (χ0) is 14.3. The Morgan fingerprint density at radius 2 is 2.05 bits per heavy atom. The van der Waals surface area contributed by atoms with Crippen molar-refractivity contribution in [1.29, 1.82) is 0 Å². The van der Waals surface area contributed by atoms with Gasteiger partial charge >= 0.3 is 5.97 Å². The molecule has 2 N–H and O–H groups in total. The molecule has 0 aliphatic carbocycles. The van der Waals surface area contributed by atoms with E-state index in [9.17, 15) is 9.90 Å². The number of aromatic carboxylic acids is 1. The van der Waals surface area contributed by atoms with Crippen LogP contribution in [-0.4, -0.2) is 25.7 Å². The van der Waals surface area contributed by atoms with Gasteiger partial charge in [0.2, 0.25) is 0 Å². The summed E-state index contributed by atoms with van der Waals surface area (Å²) in [6.07, 6.45) is 3.35. The number of aromatic nitrogens is 2. The number of phenolic OH excluding ortho intramolecular Hbond substituents is 1. The van der Waals surface area contributed by atoms with E-state index in [2.05, 4.69) is 4.98 Å². The Hall–Kier alpha value is -2.82. The lowest BCUT2D eigenvalue weighted by Gasteiger charge is -2.01. The second-order valence-electron chi connectivity index (χ2n) is 4.59. The van der Waals surface area contributed by atoms with E-state index in [-0.39, 0.29) is 11.3 Å². The standard InChI is InChI=1S/C15H12N2O3/c1-17-8-12(11-7-10(18)2-3-14(11)17)13-6-9(15(19)20)4-5-16-13/h2-8,18H,1H3,(H,19,20). The maximum atomic E-state index is 11.0. The molecule has 0 bridgehead atoms. The normalized spacial score (nSPS) is 10.8. The highest BCUT2D eigenvalue weighted by molar-refractivity contribution is 5.97. The van der Waals surface area contributed by atoms with Gasteiger partial charge in [0.25, 0.3) is 0 Å². The van der Waals surface area contributed by atoms with Crippen LogP contribution >= 0.6 is 0 Å². The van der Waals surface area contributed by atoms with Crippen molar-refractivity contribution in [3.63, 3.8) is 0 Å². The molecule has 20 heavy (non-hydrogen) atoms. The van der Waals surface area contributed by atoms with Gasteiger partial charge in [-0.3, -0.25) is 4.98 Å². The summed E-state index contributed by atoms with van der Waals surface area (Å²) in [6.45, 7) is 0. The Morgan fingerprint density at radius 1 is 1.25 bits per heavy atom. The lowest BCUT2D eigenvalue weighted by Crippen LogP contribution is -1.97. The van der Waals surface area contributed by atoms with E-state index in [0.717, 1.165) is 16.5 Å². The van der Waals surface area contributed by atoms with Crippen molar-refractivity contribution < 1.29 is 15.0 Å². The summed E-state index contributed by atoms with van der Waals surface area (Å²) < 4.78 is 1.92. The fraction of sp³-hybridized carbons (Fsp3) is 0.0667. The molecule has 0 fully saturated rings. The molecule has 0 atom stereocenters. The molecule has 0 saturated heterocycles. The van der Waals surface area contributed by atoms with Gasteiger partial charge in [-0.2, -0.15) is 0 Å². The molecule has 0 aliphatic heterocycles. The largest absolute Gasteiger partial charge is 0.508 e. The topological polar surface area (TPSA) is 75.4 Å². The monoisotopic (exact) mass is 268 g/mol. The number of carboxylic acid groups (broad SMARTS) is 1. The number of aryl methyl sites for hydroxylation is 1. The van der Waals surface area contributed by atoms with E-state index in [1.807, 2.05) is 23.9 Å². The van der Waals surface area contributed by atoms with E-state index in [1.165, 1.54) is 18.3 Å². The van der Waals surface area contributed by atoms with Gasteiger partial charge in [-0.05, 0) is 30.3 Å². The van der Waals surface area contributed by atoms with E-state index in [1.54, 1.807) is 12.1 Å². The van der Waals surface area contributed by atoms with E-state index >= 15 is 0 Å². The lowest BCUT2D eigenvalue weighted by molar-refractivity contribution is 0.0697. The van der Waals surface area contributed by atoms with Gasteiger partial charge in [0, 0.05) is 35.9 Å². The predicted molar refractivity (Wildman–Crippen MR) is 74.8 cm³/mol. The number of benzene rings is 1. The number of carboxylic acids is 1. The molecule has 2 heterocycles. The van der Waals surface area contributed by atoms with Crippen LogP contribution in [0.25, 0.3) is 22.2 Å². The minimum atomic E-state index is -0.989. The van der Waals surface area contributed by atoms with Crippen LogP contribution in [0.1, 0.15) is 10.4 Å². The predicted octanol–water partition coefficient (Wildman–Crippen LogP) is 2.64. The third kappa shape index (κ3) is 1.89. The van der Waals surface area contributed by atoms with E-state index in [0.29, 0.717) is 5.69 Å². The van der Waals surface area contributed by atoms with Crippen LogP contribution in [0, 0.1) is 0 Å². The van der Waals surface area contributed by atoms with Gasteiger partial charge in [-0.15, -0.1) is 0 Å². The highest BCUT2D eigenvalue weighted by Gasteiger charge is 2.12. The fourth-order valence-electron chi connectivity index (χ4n) is 2.30. The van der Waals surface area contributed by atoms with Crippen LogP contribution in [-0.2, 0) is 7.05 Å². The Bertz CT molecular complexity index is 821. The SMILES string of the molecule is Cn1cc(-c2cc(C(=O)O)ccn2)c2cc(O)ccc21. The van der Waals surface area contributed by atoms with Gasteiger partial charge in [-0.25, -0.2) is 4.79 Å². The molecule has 2 aromatic heterocycles. The van der Waals surface area contributed by atoms with Crippen LogP contribution in [0.2, 0.25) is 0 Å². The van der Waals surface area contributed by atoms with Crippen LogP contribution in [0.15, 0.2) is 42.7 Å². The summed E-state index contributed by atoms with van der Waals surface area (Å²) in [4.78, 5) is 15.3. The number of rotatable bonds is 2. The molecule has 5 heteroatoms. The molecular weight excluding hydrogens is 256 g/mol. The molecule has 3 rings (SSSR count). The summed E-state index contributed by atoms with van der Waals surface area (Å²) in [5.41, 5.74) is 2.50. The highest BCUT2D eigenvalue weighted by Crippen LogP contribution is 2.31. The summed E-state index contributed by atoms with van der Waals surface area (Å²) in [5.74, 6) is -0.823. The molecule has 0 amide bonds. The van der Waals surface area contributed by atoms with Crippen molar-refractivity contribution >= 4 is 16.9 Å². The van der Waals surface area contributed by atoms with Crippen molar-refractivity contribution in [3.8, 4) is 17.0 Å². The molecular formula is C15H12N2O3. The fourth-order valence-corrected chi connectivity index (χ4v) is 2.30. The van der Waals surface area contributed by atoms with Crippen molar-refractivity contribution in [1.82, 2.24) is 9.55 Å². The summed E-state index contributed by atoms with van der Waals surface area (Å²) in [6, 6.07) is 8.07. The molecule has 3 aromatic rings. The number of pyridine rings is 1. The average Bonchev–Trinajstić information content (AvgIpc) is 2.75. The molecule has 0 saturated carbocycles. The molecule has 0 unspecified atom stereocenters. The maximum absolute atomic E-state index is 11.0. The van der Waals surface area contributed by atoms with Crippen molar-refractivity contribution in [3.05, 3.63) is 48.3 Å². The van der Waals surface area contributed by atoms with Crippen molar-refractivity contribution in [2.75, 3.05) is 0 Å².